The Morgan fingerprint density at radius 3 is 2.78 bits per heavy atom. The molecule has 2 heterocycles. The minimum absolute atomic E-state index is 0.0768. The van der Waals surface area contributed by atoms with Gasteiger partial charge < -0.3 is 21.1 Å². The Morgan fingerprint density at radius 1 is 1.26 bits per heavy atom. The molecule has 0 radical (unpaired) electrons. The number of amides is 1. The van der Waals surface area contributed by atoms with E-state index < -0.39 is 0 Å². The second-order valence-electron chi connectivity index (χ2n) is 5.43. The number of rotatable bonds is 6. The van der Waals surface area contributed by atoms with Gasteiger partial charge in [0.1, 0.15) is 11.3 Å². The molecule has 23 heavy (non-hydrogen) atoms. The van der Waals surface area contributed by atoms with Crippen molar-refractivity contribution in [3.8, 4) is 0 Å². The average molecular weight is 313 g/mol. The topological polar surface area (TPSA) is 120 Å². The Hall–Kier alpha value is -2.67. The predicted molar refractivity (Wildman–Crippen MR) is 88.7 cm³/mol. The van der Waals surface area contributed by atoms with Crippen LogP contribution < -0.4 is 11.5 Å². The maximum Gasteiger partial charge on any atom is 0.217 e. The van der Waals surface area contributed by atoms with Gasteiger partial charge in [0, 0.05) is 31.4 Å². The van der Waals surface area contributed by atoms with E-state index in [-0.39, 0.29) is 18.9 Å². The zero-order valence-electron chi connectivity index (χ0n) is 12.7. The van der Waals surface area contributed by atoms with Gasteiger partial charge in [0.25, 0.3) is 0 Å². The molecule has 0 atom stereocenters. The number of primary amides is 1. The number of para-hydroxylation sites is 1. The van der Waals surface area contributed by atoms with E-state index in [1.807, 2.05) is 28.8 Å². The number of carbonyl (C=O) groups is 1. The number of hydrogen-bond donors (Lipinski definition) is 3. The number of aryl methyl sites for hydroxylation is 2. The number of aromatic nitrogens is 3. The van der Waals surface area contributed by atoms with Gasteiger partial charge in [-0.3, -0.25) is 4.79 Å². The summed E-state index contributed by atoms with van der Waals surface area (Å²) in [4.78, 5) is 20.1. The molecule has 7 nitrogen and oxygen atoms in total. The molecule has 5 N–H and O–H groups in total. The van der Waals surface area contributed by atoms with Crippen LogP contribution in [0.1, 0.15) is 18.7 Å². The van der Waals surface area contributed by atoms with Crippen molar-refractivity contribution < 1.29 is 9.90 Å². The summed E-state index contributed by atoms with van der Waals surface area (Å²) in [5.74, 6) is 0.723. The number of hydrogen-bond acceptors (Lipinski definition) is 5. The van der Waals surface area contributed by atoms with Crippen LogP contribution in [-0.2, 0) is 17.8 Å². The first-order chi connectivity index (χ1) is 11.1. The Kier molecular flexibility index (Phi) is 4.12. The number of carbonyl (C=O) groups excluding carboxylic acids is 1. The number of fused-ring (bicyclic) bond motifs is 3. The summed E-state index contributed by atoms with van der Waals surface area (Å²) in [6.45, 7) is 0.669. The number of aliphatic hydroxyl groups excluding tert-OH is 1. The molecule has 0 saturated carbocycles. The third kappa shape index (κ3) is 2.83. The van der Waals surface area contributed by atoms with Gasteiger partial charge in [0.05, 0.1) is 11.0 Å². The van der Waals surface area contributed by atoms with Crippen LogP contribution in [0.3, 0.4) is 0 Å². The molecular weight excluding hydrogens is 294 g/mol. The Labute approximate surface area is 132 Å². The SMILES string of the molecule is NC(=O)CCc1nc2c(N)nc3ccccc3c2n1CCCO. The van der Waals surface area contributed by atoms with Gasteiger partial charge in [-0.25, -0.2) is 9.97 Å². The van der Waals surface area contributed by atoms with E-state index in [0.717, 1.165) is 22.2 Å². The van der Waals surface area contributed by atoms with Gasteiger partial charge in [-0.1, -0.05) is 18.2 Å². The highest BCUT2D eigenvalue weighted by atomic mass is 16.3. The van der Waals surface area contributed by atoms with Crippen molar-refractivity contribution in [2.24, 2.45) is 5.73 Å². The minimum atomic E-state index is -0.373. The highest BCUT2D eigenvalue weighted by Crippen LogP contribution is 2.29. The fourth-order valence-electron chi connectivity index (χ4n) is 2.80. The van der Waals surface area contributed by atoms with Crippen LogP contribution in [0.25, 0.3) is 21.9 Å². The van der Waals surface area contributed by atoms with Crippen LogP contribution in [0.4, 0.5) is 5.82 Å². The summed E-state index contributed by atoms with van der Waals surface area (Å²) in [6, 6.07) is 7.71. The van der Waals surface area contributed by atoms with Gasteiger partial charge in [0.15, 0.2) is 5.82 Å². The van der Waals surface area contributed by atoms with E-state index in [0.29, 0.717) is 30.7 Å². The van der Waals surface area contributed by atoms with Crippen molar-refractivity contribution in [1.29, 1.82) is 0 Å². The maximum atomic E-state index is 11.1. The zero-order chi connectivity index (χ0) is 16.4. The van der Waals surface area contributed by atoms with Crippen molar-refractivity contribution in [2.45, 2.75) is 25.8 Å². The first kappa shape index (κ1) is 15.2. The maximum absolute atomic E-state index is 11.1. The Balaban J connectivity index is 2.24. The molecule has 3 aromatic rings. The molecule has 3 rings (SSSR count). The molecule has 0 aliphatic heterocycles. The second-order valence-corrected chi connectivity index (χ2v) is 5.43. The van der Waals surface area contributed by atoms with Crippen LogP contribution in [0.5, 0.6) is 0 Å². The molecule has 2 aromatic heterocycles. The quantitative estimate of drug-likeness (QED) is 0.626. The summed E-state index contributed by atoms with van der Waals surface area (Å²) in [5, 5.41) is 10.1. The van der Waals surface area contributed by atoms with Gasteiger partial charge in [-0.2, -0.15) is 0 Å². The van der Waals surface area contributed by atoms with Crippen molar-refractivity contribution in [3.63, 3.8) is 0 Å². The number of nitrogens with two attached hydrogens (primary N) is 2. The molecule has 0 bridgehead atoms. The number of anilines is 1. The number of benzene rings is 1. The lowest BCUT2D eigenvalue weighted by atomic mass is 10.2. The highest BCUT2D eigenvalue weighted by Gasteiger charge is 2.17. The first-order valence-corrected chi connectivity index (χ1v) is 7.54. The molecule has 1 aromatic carbocycles. The third-order valence-corrected chi connectivity index (χ3v) is 3.82. The lowest BCUT2D eigenvalue weighted by Gasteiger charge is -2.09. The number of nitrogens with zero attached hydrogens (tertiary/aromatic N) is 3. The Bertz CT molecular complexity index is 872. The van der Waals surface area contributed by atoms with Crippen molar-refractivity contribution in [1.82, 2.24) is 14.5 Å². The second kappa shape index (κ2) is 6.21. The fraction of sp³-hybridized carbons (Fsp3) is 0.312. The lowest BCUT2D eigenvalue weighted by Crippen LogP contribution is -2.14. The molecule has 0 aliphatic carbocycles. The van der Waals surface area contributed by atoms with E-state index in [4.69, 9.17) is 16.6 Å². The number of aliphatic hydroxyl groups is 1. The fourth-order valence-corrected chi connectivity index (χ4v) is 2.80. The van der Waals surface area contributed by atoms with E-state index >= 15 is 0 Å². The van der Waals surface area contributed by atoms with E-state index in [2.05, 4.69) is 9.97 Å². The molecule has 7 heteroatoms. The van der Waals surface area contributed by atoms with Crippen LogP contribution in [0.2, 0.25) is 0 Å². The lowest BCUT2D eigenvalue weighted by molar-refractivity contribution is -0.118. The number of imidazole rings is 1. The third-order valence-electron chi connectivity index (χ3n) is 3.82. The zero-order valence-corrected chi connectivity index (χ0v) is 12.7. The normalized spacial score (nSPS) is 11.3. The standard InChI is InChI=1S/C16H19N5O2/c17-12(23)6-7-13-20-14-15(21(13)8-3-9-22)10-4-1-2-5-11(10)19-16(14)18/h1-2,4-5,22H,3,6-9H2,(H2,17,23)(H2,18,19). The van der Waals surface area contributed by atoms with Crippen molar-refractivity contribution in [2.75, 3.05) is 12.3 Å². The summed E-state index contributed by atoms with van der Waals surface area (Å²) in [6.07, 6.45) is 1.24. The van der Waals surface area contributed by atoms with Gasteiger partial charge in [0.2, 0.25) is 5.91 Å². The van der Waals surface area contributed by atoms with Gasteiger partial charge in [-0.15, -0.1) is 0 Å². The number of pyridine rings is 1. The van der Waals surface area contributed by atoms with Crippen LogP contribution in [-0.4, -0.2) is 32.2 Å². The summed E-state index contributed by atoms with van der Waals surface area (Å²) in [5.41, 5.74) is 13.6. The summed E-state index contributed by atoms with van der Waals surface area (Å²) >= 11 is 0. The van der Waals surface area contributed by atoms with Crippen LogP contribution >= 0.6 is 0 Å². The largest absolute Gasteiger partial charge is 0.396 e. The van der Waals surface area contributed by atoms with Crippen molar-refractivity contribution >= 4 is 33.7 Å². The molecule has 0 saturated heterocycles. The van der Waals surface area contributed by atoms with Crippen LogP contribution in [0.15, 0.2) is 24.3 Å². The Morgan fingerprint density at radius 2 is 2.04 bits per heavy atom. The minimum Gasteiger partial charge on any atom is -0.396 e. The molecule has 0 aliphatic rings. The van der Waals surface area contributed by atoms with E-state index in [1.54, 1.807) is 0 Å². The molecule has 0 unspecified atom stereocenters. The average Bonchev–Trinajstić information content (AvgIpc) is 2.90. The molecule has 120 valence electrons. The van der Waals surface area contributed by atoms with Crippen LogP contribution in [0, 0.1) is 0 Å². The molecular formula is C16H19N5O2. The molecule has 0 spiro atoms. The monoisotopic (exact) mass is 313 g/mol. The van der Waals surface area contributed by atoms with E-state index in [1.165, 1.54) is 0 Å². The van der Waals surface area contributed by atoms with Gasteiger partial charge >= 0.3 is 0 Å². The smallest absolute Gasteiger partial charge is 0.217 e. The molecule has 0 fully saturated rings. The predicted octanol–water partition coefficient (Wildman–Crippen LogP) is 0.967. The van der Waals surface area contributed by atoms with Crippen molar-refractivity contribution in [3.05, 3.63) is 30.1 Å². The highest BCUT2D eigenvalue weighted by molar-refractivity contribution is 6.06. The summed E-state index contributed by atoms with van der Waals surface area (Å²) in [7, 11) is 0. The number of nitrogen functional groups attached to an aromatic ring is 1. The van der Waals surface area contributed by atoms with Gasteiger partial charge in [-0.05, 0) is 12.5 Å². The first-order valence-electron chi connectivity index (χ1n) is 7.54. The van der Waals surface area contributed by atoms with E-state index in [9.17, 15) is 4.79 Å². The summed E-state index contributed by atoms with van der Waals surface area (Å²) < 4.78 is 2.01. The molecule has 1 amide bonds.